The van der Waals surface area contributed by atoms with E-state index >= 15 is 0 Å². The number of carboxylic acids is 1. The summed E-state index contributed by atoms with van der Waals surface area (Å²) in [6.07, 6.45) is 1.24. The Labute approximate surface area is 128 Å². The predicted molar refractivity (Wildman–Crippen MR) is 86.4 cm³/mol. The highest BCUT2D eigenvalue weighted by Crippen LogP contribution is 2.09. The summed E-state index contributed by atoms with van der Waals surface area (Å²) in [5.74, 6) is -0.121. The number of carbonyl (C=O) groups is 1. The third-order valence-electron chi connectivity index (χ3n) is 3.31. The quantitative estimate of drug-likeness (QED) is 0.734. The molecule has 0 radical (unpaired) electrons. The molecule has 0 aliphatic rings. The zero-order valence-electron chi connectivity index (χ0n) is 13.6. The summed E-state index contributed by atoms with van der Waals surface area (Å²) in [7, 11) is 4.19. The van der Waals surface area contributed by atoms with Crippen LogP contribution in [0.15, 0.2) is 24.3 Å². The van der Waals surface area contributed by atoms with E-state index in [4.69, 9.17) is 5.11 Å². The van der Waals surface area contributed by atoms with E-state index < -0.39 is 5.97 Å². The molecule has 0 spiro atoms. The summed E-state index contributed by atoms with van der Waals surface area (Å²) in [4.78, 5) is 12.9. The van der Waals surface area contributed by atoms with Gasteiger partial charge in [-0.3, -0.25) is 4.79 Å². The van der Waals surface area contributed by atoms with Crippen LogP contribution in [0.5, 0.6) is 0 Å². The molecule has 2 N–H and O–H groups in total. The van der Waals surface area contributed by atoms with Crippen molar-refractivity contribution in [2.24, 2.45) is 5.92 Å². The first-order valence-corrected chi connectivity index (χ1v) is 7.54. The molecule has 4 heteroatoms. The van der Waals surface area contributed by atoms with Crippen LogP contribution < -0.4 is 5.32 Å². The minimum absolute atomic E-state index is 0.0876. The van der Waals surface area contributed by atoms with Gasteiger partial charge in [0, 0.05) is 19.1 Å². The molecule has 0 saturated heterocycles. The Kier molecular flexibility index (Phi) is 7.40. The number of nitrogens with one attached hydrogen (secondary N) is 1. The van der Waals surface area contributed by atoms with E-state index in [0.717, 1.165) is 25.1 Å². The van der Waals surface area contributed by atoms with Gasteiger partial charge in [0.05, 0.1) is 6.42 Å². The fourth-order valence-electron chi connectivity index (χ4n) is 2.44. The van der Waals surface area contributed by atoms with Gasteiger partial charge in [0.15, 0.2) is 0 Å². The van der Waals surface area contributed by atoms with Crippen LogP contribution in [0.1, 0.15) is 31.4 Å². The molecule has 21 heavy (non-hydrogen) atoms. The van der Waals surface area contributed by atoms with Gasteiger partial charge in [-0.05, 0) is 37.6 Å². The minimum Gasteiger partial charge on any atom is -0.481 e. The molecule has 1 rings (SSSR count). The Bertz CT molecular complexity index is 417. The molecule has 0 aromatic heterocycles. The number of nitrogens with zero attached hydrogens (tertiary/aromatic N) is 1. The van der Waals surface area contributed by atoms with E-state index in [1.807, 2.05) is 24.3 Å². The second-order valence-electron chi connectivity index (χ2n) is 6.36. The highest BCUT2D eigenvalue weighted by Gasteiger charge is 2.11. The van der Waals surface area contributed by atoms with Crippen molar-refractivity contribution in [3.63, 3.8) is 0 Å². The van der Waals surface area contributed by atoms with Crippen molar-refractivity contribution in [1.29, 1.82) is 0 Å². The van der Waals surface area contributed by atoms with Gasteiger partial charge in [0.25, 0.3) is 0 Å². The normalized spacial score (nSPS) is 12.9. The van der Waals surface area contributed by atoms with Crippen LogP contribution in [0.3, 0.4) is 0 Å². The van der Waals surface area contributed by atoms with E-state index in [2.05, 4.69) is 38.2 Å². The second kappa shape index (κ2) is 8.80. The van der Waals surface area contributed by atoms with Crippen LogP contribution in [0.4, 0.5) is 0 Å². The lowest BCUT2D eigenvalue weighted by Gasteiger charge is -2.24. The maximum atomic E-state index is 10.7. The van der Waals surface area contributed by atoms with E-state index in [0.29, 0.717) is 12.0 Å². The molecular weight excluding hydrogens is 264 g/mol. The average molecular weight is 292 g/mol. The van der Waals surface area contributed by atoms with Crippen LogP contribution in [-0.4, -0.2) is 42.7 Å². The standard InChI is InChI=1S/C17H28N2O2/c1-13(2)9-16(12-19(3)4)18-11-15-7-5-14(6-8-15)10-17(20)21/h5-8,13,16,18H,9-12H2,1-4H3,(H,20,21). The van der Waals surface area contributed by atoms with Crippen LogP contribution in [0, 0.1) is 5.92 Å². The van der Waals surface area contributed by atoms with Crippen molar-refractivity contribution in [2.75, 3.05) is 20.6 Å². The fraction of sp³-hybridized carbons (Fsp3) is 0.588. The van der Waals surface area contributed by atoms with Crippen LogP contribution in [0.2, 0.25) is 0 Å². The SMILES string of the molecule is CC(C)CC(CN(C)C)NCc1ccc(CC(=O)O)cc1. The summed E-state index contributed by atoms with van der Waals surface area (Å²) in [6, 6.07) is 8.28. The molecule has 118 valence electrons. The minimum atomic E-state index is -0.788. The summed E-state index contributed by atoms with van der Waals surface area (Å²) in [5.41, 5.74) is 2.04. The highest BCUT2D eigenvalue weighted by atomic mass is 16.4. The number of carboxylic acid groups (broad SMARTS) is 1. The number of hydrogen-bond acceptors (Lipinski definition) is 3. The largest absolute Gasteiger partial charge is 0.481 e. The summed E-state index contributed by atoms with van der Waals surface area (Å²) >= 11 is 0. The van der Waals surface area contributed by atoms with Gasteiger partial charge in [-0.25, -0.2) is 0 Å². The number of hydrogen-bond donors (Lipinski definition) is 2. The first-order chi connectivity index (χ1) is 9.86. The molecule has 0 aliphatic heterocycles. The molecule has 0 bridgehead atoms. The predicted octanol–water partition coefficient (Wildman–Crippen LogP) is 2.38. The lowest BCUT2D eigenvalue weighted by atomic mass is 10.0. The van der Waals surface area contributed by atoms with Crippen LogP contribution in [0.25, 0.3) is 0 Å². The smallest absolute Gasteiger partial charge is 0.307 e. The molecule has 4 nitrogen and oxygen atoms in total. The van der Waals surface area contributed by atoms with Crippen molar-refractivity contribution in [3.8, 4) is 0 Å². The molecule has 0 amide bonds. The van der Waals surface area contributed by atoms with Crippen LogP contribution >= 0.6 is 0 Å². The monoisotopic (exact) mass is 292 g/mol. The molecule has 1 atom stereocenters. The maximum absolute atomic E-state index is 10.7. The zero-order valence-corrected chi connectivity index (χ0v) is 13.6. The van der Waals surface area contributed by atoms with Gasteiger partial charge in [-0.1, -0.05) is 38.1 Å². The molecule has 1 aromatic rings. The Morgan fingerprint density at radius 1 is 1.19 bits per heavy atom. The number of aliphatic carboxylic acids is 1. The first kappa shape index (κ1) is 17.7. The Hall–Kier alpha value is -1.39. The van der Waals surface area contributed by atoms with E-state index in [1.165, 1.54) is 5.56 Å². The molecule has 0 fully saturated rings. The lowest BCUT2D eigenvalue weighted by Crippen LogP contribution is -2.38. The molecule has 0 heterocycles. The van der Waals surface area contributed by atoms with Gasteiger partial charge in [-0.15, -0.1) is 0 Å². The third kappa shape index (κ3) is 7.83. The van der Waals surface area contributed by atoms with Crippen molar-refractivity contribution < 1.29 is 9.90 Å². The van der Waals surface area contributed by atoms with Gasteiger partial charge < -0.3 is 15.3 Å². The van der Waals surface area contributed by atoms with Gasteiger partial charge >= 0.3 is 5.97 Å². The summed E-state index contributed by atoms with van der Waals surface area (Å²) < 4.78 is 0. The Morgan fingerprint density at radius 2 is 1.76 bits per heavy atom. The van der Waals surface area contributed by atoms with E-state index in [-0.39, 0.29) is 6.42 Å². The Morgan fingerprint density at radius 3 is 2.24 bits per heavy atom. The topological polar surface area (TPSA) is 52.6 Å². The third-order valence-corrected chi connectivity index (χ3v) is 3.31. The van der Waals surface area contributed by atoms with Crippen LogP contribution in [-0.2, 0) is 17.8 Å². The van der Waals surface area contributed by atoms with Gasteiger partial charge in [0.1, 0.15) is 0 Å². The average Bonchev–Trinajstić information content (AvgIpc) is 2.35. The maximum Gasteiger partial charge on any atom is 0.307 e. The van der Waals surface area contributed by atoms with E-state index in [1.54, 1.807) is 0 Å². The van der Waals surface area contributed by atoms with Gasteiger partial charge in [0.2, 0.25) is 0 Å². The molecule has 0 saturated carbocycles. The van der Waals surface area contributed by atoms with E-state index in [9.17, 15) is 4.79 Å². The summed E-state index contributed by atoms with van der Waals surface area (Å²) in [5, 5.41) is 12.4. The molecular formula is C17H28N2O2. The molecule has 1 unspecified atom stereocenters. The van der Waals surface area contributed by atoms with Crippen molar-refractivity contribution in [3.05, 3.63) is 35.4 Å². The number of rotatable bonds is 9. The van der Waals surface area contributed by atoms with Crippen molar-refractivity contribution >= 4 is 5.97 Å². The van der Waals surface area contributed by atoms with Crippen molar-refractivity contribution in [2.45, 2.75) is 39.3 Å². The van der Waals surface area contributed by atoms with Crippen molar-refractivity contribution in [1.82, 2.24) is 10.2 Å². The zero-order chi connectivity index (χ0) is 15.8. The second-order valence-corrected chi connectivity index (χ2v) is 6.36. The lowest BCUT2D eigenvalue weighted by molar-refractivity contribution is -0.136. The fourth-order valence-corrected chi connectivity index (χ4v) is 2.44. The van der Waals surface area contributed by atoms with Gasteiger partial charge in [-0.2, -0.15) is 0 Å². The number of benzene rings is 1. The Balaban J connectivity index is 2.52. The summed E-state index contributed by atoms with van der Waals surface area (Å²) in [6.45, 7) is 6.32. The first-order valence-electron chi connectivity index (χ1n) is 7.54. The highest BCUT2D eigenvalue weighted by molar-refractivity contribution is 5.70. The molecule has 0 aliphatic carbocycles. The molecule has 1 aromatic carbocycles. The number of likely N-dealkylation sites (N-methyl/N-ethyl adjacent to an activating group) is 1.